The van der Waals surface area contributed by atoms with E-state index in [1.807, 2.05) is 0 Å². The van der Waals surface area contributed by atoms with Crippen LogP contribution in [0.3, 0.4) is 0 Å². The molecule has 0 heterocycles. The number of carbonyl (C=O) groups is 2. The molecule has 0 unspecified atom stereocenters. The van der Waals surface area contributed by atoms with E-state index in [0.29, 0.717) is 23.5 Å². The van der Waals surface area contributed by atoms with Crippen molar-refractivity contribution < 1.29 is 23.5 Å². The molecular weight excluding hydrogens is 515 g/mol. The number of unbranched alkanes of at least 4 members (excludes halogenated alkanes) is 11. The number of halogens is 1. The molecule has 5 heteroatoms. The number of hydrogen-bond acceptors (Lipinski definition) is 4. The van der Waals surface area contributed by atoms with Crippen LogP contribution in [0.4, 0.5) is 4.39 Å². The highest BCUT2D eigenvalue weighted by Gasteiger charge is 2.09. The number of esters is 1. The van der Waals surface area contributed by atoms with Crippen LogP contribution in [-0.4, -0.2) is 18.4 Å². The number of rotatable bonds is 19. The number of benzene rings is 3. The molecule has 0 bridgehead atoms. The van der Waals surface area contributed by atoms with Crippen LogP contribution >= 0.6 is 0 Å². The smallest absolute Gasteiger partial charge is 0.343 e. The van der Waals surface area contributed by atoms with E-state index in [4.69, 9.17) is 9.47 Å². The summed E-state index contributed by atoms with van der Waals surface area (Å²) in [5, 5.41) is 0. The van der Waals surface area contributed by atoms with E-state index < -0.39 is 5.97 Å². The molecular formula is C36H43FO4. The molecule has 4 nitrogen and oxygen atoms in total. The van der Waals surface area contributed by atoms with Gasteiger partial charge in [0.15, 0.2) is 5.78 Å². The zero-order valence-corrected chi connectivity index (χ0v) is 24.3. The van der Waals surface area contributed by atoms with Crippen molar-refractivity contribution in [3.05, 3.63) is 101 Å². The van der Waals surface area contributed by atoms with Gasteiger partial charge in [-0.2, -0.15) is 0 Å². The Balaban J connectivity index is 1.30. The lowest BCUT2D eigenvalue weighted by molar-refractivity contribution is 0.0734. The van der Waals surface area contributed by atoms with E-state index in [2.05, 4.69) is 6.92 Å². The monoisotopic (exact) mass is 558 g/mol. The number of ketones is 1. The lowest BCUT2D eigenvalue weighted by atomic mass is 10.1. The number of carbonyl (C=O) groups excluding carboxylic acids is 2. The second kappa shape index (κ2) is 18.6. The zero-order valence-electron chi connectivity index (χ0n) is 24.3. The van der Waals surface area contributed by atoms with Gasteiger partial charge < -0.3 is 9.47 Å². The lowest BCUT2D eigenvalue weighted by Gasteiger charge is -2.08. The topological polar surface area (TPSA) is 52.6 Å². The van der Waals surface area contributed by atoms with Crippen LogP contribution < -0.4 is 9.47 Å². The Morgan fingerprint density at radius 3 is 1.73 bits per heavy atom. The maximum Gasteiger partial charge on any atom is 0.343 e. The van der Waals surface area contributed by atoms with E-state index in [1.165, 1.54) is 101 Å². The van der Waals surface area contributed by atoms with E-state index >= 15 is 0 Å². The summed E-state index contributed by atoms with van der Waals surface area (Å²) >= 11 is 0. The third-order valence-corrected chi connectivity index (χ3v) is 7.00. The van der Waals surface area contributed by atoms with Crippen molar-refractivity contribution in [1.29, 1.82) is 0 Å². The summed E-state index contributed by atoms with van der Waals surface area (Å²) in [7, 11) is 0. The summed E-state index contributed by atoms with van der Waals surface area (Å²) < 4.78 is 24.3. The fourth-order valence-corrected chi connectivity index (χ4v) is 4.52. The fraction of sp³-hybridized carbons (Fsp3) is 0.389. The molecule has 0 atom stereocenters. The van der Waals surface area contributed by atoms with Gasteiger partial charge in [-0.15, -0.1) is 0 Å². The van der Waals surface area contributed by atoms with Gasteiger partial charge in [-0.3, -0.25) is 4.79 Å². The quantitative estimate of drug-likeness (QED) is 0.0483. The lowest BCUT2D eigenvalue weighted by Crippen LogP contribution is -2.08. The number of hydrogen-bond donors (Lipinski definition) is 0. The Labute approximate surface area is 244 Å². The summed E-state index contributed by atoms with van der Waals surface area (Å²) in [6.45, 7) is 2.94. The average Bonchev–Trinajstić information content (AvgIpc) is 2.99. The van der Waals surface area contributed by atoms with Crippen molar-refractivity contribution in [3.8, 4) is 11.5 Å². The van der Waals surface area contributed by atoms with Crippen LogP contribution in [-0.2, 0) is 0 Å². The van der Waals surface area contributed by atoms with Crippen molar-refractivity contribution >= 4 is 17.8 Å². The summed E-state index contributed by atoms with van der Waals surface area (Å²) in [5.41, 5.74) is 1.63. The van der Waals surface area contributed by atoms with Gasteiger partial charge in [0.2, 0.25) is 0 Å². The second-order valence-electron chi connectivity index (χ2n) is 10.4. The minimum absolute atomic E-state index is 0.220. The van der Waals surface area contributed by atoms with Gasteiger partial charge in [-0.25, -0.2) is 9.18 Å². The van der Waals surface area contributed by atoms with Crippen LogP contribution in [0.15, 0.2) is 78.9 Å². The Morgan fingerprint density at radius 2 is 1.15 bits per heavy atom. The molecule has 0 aliphatic carbocycles. The largest absolute Gasteiger partial charge is 0.494 e. The summed E-state index contributed by atoms with van der Waals surface area (Å²) in [5.74, 6) is 0.0968. The van der Waals surface area contributed by atoms with Crippen molar-refractivity contribution in [3.63, 3.8) is 0 Å². The molecule has 0 aliphatic rings. The van der Waals surface area contributed by atoms with E-state index in [0.717, 1.165) is 17.7 Å². The summed E-state index contributed by atoms with van der Waals surface area (Å²) in [6, 6.07) is 19.3. The van der Waals surface area contributed by atoms with Gasteiger partial charge in [0.25, 0.3) is 0 Å². The van der Waals surface area contributed by atoms with Crippen LogP contribution in [0.2, 0.25) is 0 Å². The van der Waals surface area contributed by atoms with Crippen LogP contribution in [0, 0.1) is 5.82 Å². The molecule has 0 saturated heterocycles. The number of allylic oxidation sites excluding steroid dienone is 1. The Kier molecular flexibility index (Phi) is 14.4. The van der Waals surface area contributed by atoms with E-state index in [9.17, 15) is 14.0 Å². The van der Waals surface area contributed by atoms with Gasteiger partial charge in [0.05, 0.1) is 12.2 Å². The molecule has 3 aromatic rings. The van der Waals surface area contributed by atoms with Crippen LogP contribution in [0.25, 0.3) is 6.08 Å². The maximum atomic E-state index is 13.0. The molecule has 41 heavy (non-hydrogen) atoms. The first kappa shape index (κ1) is 31.8. The van der Waals surface area contributed by atoms with Gasteiger partial charge in [0.1, 0.15) is 17.3 Å². The summed E-state index contributed by atoms with van der Waals surface area (Å²) in [6.07, 6.45) is 18.8. The van der Waals surface area contributed by atoms with E-state index in [-0.39, 0.29) is 11.6 Å². The molecule has 218 valence electrons. The predicted octanol–water partition coefficient (Wildman–Crippen LogP) is 10.0. The highest BCUT2D eigenvalue weighted by atomic mass is 19.1. The third kappa shape index (κ3) is 12.5. The van der Waals surface area contributed by atoms with Gasteiger partial charge in [0, 0.05) is 5.56 Å². The molecule has 0 aliphatic heterocycles. The Morgan fingerprint density at radius 1 is 0.634 bits per heavy atom. The first-order valence-corrected chi connectivity index (χ1v) is 15.1. The molecule has 0 N–H and O–H groups in total. The van der Waals surface area contributed by atoms with Gasteiger partial charge >= 0.3 is 5.97 Å². The molecule has 3 aromatic carbocycles. The SMILES string of the molecule is CCCCCCCCCCCCCCOc1ccc(C(=O)Oc2ccc(/C=C/C(=O)c3ccc(F)cc3)cc2)cc1. The van der Waals surface area contributed by atoms with Crippen LogP contribution in [0.5, 0.6) is 11.5 Å². The van der Waals surface area contributed by atoms with E-state index in [1.54, 1.807) is 54.6 Å². The molecule has 0 amide bonds. The molecule has 3 rings (SSSR count). The van der Waals surface area contributed by atoms with Crippen molar-refractivity contribution in [1.82, 2.24) is 0 Å². The Bertz CT molecular complexity index is 1200. The molecule has 0 spiro atoms. The summed E-state index contributed by atoms with van der Waals surface area (Å²) in [4.78, 5) is 24.7. The second-order valence-corrected chi connectivity index (χ2v) is 10.4. The first-order chi connectivity index (χ1) is 20.0. The third-order valence-electron chi connectivity index (χ3n) is 7.00. The van der Waals surface area contributed by atoms with Crippen molar-refractivity contribution in [2.24, 2.45) is 0 Å². The van der Waals surface area contributed by atoms with Gasteiger partial charge in [-0.1, -0.05) is 95.8 Å². The predicted molar refractivity (Wildman–Crippen MR) is 164 cm³/mol. The minimum atomic E-state index is -0.452. The highest BCUT2D eigenvalue weighted by molar-refractivity contribution is 6.06. The Hall–Kier alpha value is -3.73. The first-order valence-electron chi connectivity index (χ1n) is 15.1. The van der Waals surface area contributed by atoms with Crippen molar-refractivity contribution in [2.75, 3.05) is 6.61 Å². The highest BCUT2D eigenvalue weighted by Crippen LogP contribution is 2.18. The van der Waals surface area contributed by atoms with Crippen molar-refractivity contribution in [2.45, 2.75) is 84.0 Å². The molecule has 0 radical (unpaired) electrons. The average molecular weight is 559 g/mol. The van der Waals surface area contributed by atoms with Crippen LogP contribution in [0.1, 0.15) is 110 Å². The maximum absolute atomic E-state index is 13.0. The fourth-order valence-electron chi connectivity index (χ4n) is 4.52. The zero-order chi connectivity index (χ0) is 29.1. The molecule has 0 fully saturated rings. The standard InChI is InChI=1S/C36H43FO4/c1-2-3-4-5-6-7-8-9-10-11-12-13-28-40-33-25-19-31(20-26-33)36(39)41-34-23-14-29(15-24-34)16-27-35(38)30-17-21-32(37)22-18-30/h14-27H,2-13,28H2,1H3/b27-16+. The molecule has 0 saturated carbocycles. The normalized spacial score (nSPS) is 11.1. The minimum Gasteiger partial charge on any atom is -0.494 e. The number of ether oxygens (including phenoxy) is 2. The van der Waals surface area contributed by atoms with Gasteiger partial charge in [-0.05, 0) is 78.7 Å². The molecule has 0 aromatic heterocycles.